The topological polar surface area (TPSA) is 82.8 Å². The first-order chi connectivity index (χ1) is 13.3. The smallest absolute Gasteiger partial charge is 0.312 e. The molecule has 0 atom stereocenters. The molecule has 0 saturated heterocycles. The van der Waals surface area contributed by atoms with Crippen LogP contribution in [0, 0.1) is 18.3 Å². The summed E-state index contributed by atoms with van der Waals surface area (Å²) in [4.78, 5) is 25.1. The number of carbonyl (C=O) groups is 1. The highest BCUT2D eigenvalue weighted by Gasteiger charge is 2.32. The van der Waals surface area contributed by atoms with Crippen molar-refractivity contribution in [3.8, 4) is 6.07 Å². The number of alkyl halides is 3. The first-order valence-corrected chi connectivity index (χ1v) is 8.72. The summed E-state index contributed by atoms with van der Waals surface area (Å²) in [5.74, 6) is 0. The lowest BCUT2D eigenvalue weighted by Crippen LogP contribution is -2.18. The second-order valence-corrected chi connectivity index (χ2v) is 6.87. The summed E-state index contributed by atoms with van der Waals surface area (Å²) in [6.45, 7) is 1.84. The largest absolute Gasteiger partial charge is 0.434 e. The van der Waals surface area contributed by atoms with Gasteiger partial charge in [-0.25, -0.2) is 9.97 Å². The Morgan fingerprint density at radius 1 is 1.21 bits per heavy atom. The van der Waals surface area contributed by atoms with E-state index in [4.69, 9.17) is 5.26 Å². The Labute approximate surface area is 161 Å². The maximum atomic E-state index is 12.7. The molecule has 0 saturated carbocycles. The molecule has 1 aromatic carbocycles. The number of nitrogens with zero attached hydrogens (tertiary/aromatic N) is 5. The zero-order chi connectivity index (χ0) is 20.3. The van der Waals surface area contributed by atoms with Gasteiger partial charge in [0.1, 0.15) is 5.69 Å². The van der Waals surface area contributed by atoms with Crippen molar-refractivity contribution in [3.63, 3.8) is 0 Å². The van der Waals surface area contributed by atoms with Gasteiger partial charge in [0.25, 0.3) is 0 Å². The molecular weight excluding hydrogens is 391 g/mol. The van der Waals surface area contributed by atoms with Crippen molar-refractivity contribution in [2.75, 3.05) is 4.90 Å². The van der Waals surface area contributed by atoms with Crippen LogP contribution in [-0.2, 0) is 12.7 Å². The summed E-state index contributed by atoms with van der Waals surface area (Å²) in [5, 5.41) is 9.44. The fourth-order valence-electron chi connectivity index (χ4n) is 2.35. The molecule has 0 spiro atoms. The Balaban J connectivity index is 1.98. The molecule has 0 N–H and O–H groups in total. The molecule has 0 radical (unpaired) electrons. The number of aryl methyl sites for hydroxylation is 1. The minimum Gasteiger partial charge on any atom is -0.312 e. The van der Waals surface area contributed by atoms with Crippen LogP contribution in [0.3, 0.4) is 0 Å². The van der Waals surface area contributed by atoms with E-state index in [9.17, 15) is 18.0 Å². The number of anilines is 2. The lowest BCUT2D eigenvalue weighted by atomic mass is 10.2. The molecule has 2 aromatic heterocycles. The van der Waals surface area contributed by atoms with Crippen molar-refractivity contribution < 1.29 is 18.0 Å². The first kappa shape index (κ1) is 19.4. The lowest BCUT2D eigenvalue weighted by molar-refractivity contribution is -0.141. The number of halogens is 3. The second-order valence-electron chi connectivity index (χ2n) is 5.69. The van der Waals surface area contributed by atoms with Crippen molar-refractivity contribution in [2.45, 2.75) is 19.6 Å². The van der Waals surface area contributed by atoms with E-state index in [0.717, 1.165) is 6.20 Å². The Hall–Kier alpha value is -3.32. The Morgan fingerprint density at radius 3 is 2.43 bits per heavy atom. The van der Waals surface area contributed by atoms with Gasteiger partial charge in [-0.1, -0.05) is 0 Å². The summed E-state index contributed by atoms with van der Waals surface area (Å²) < 4.78 is 38.1. The van der Waals surface area contributed by atoms with Gasteiger partial charge >= 0.3 is 6.18 Å². The van der Waals surface area contributed by atoms with Crippen LogP contribution in [0.4, 0.5) is 24.0 Å². The van der Waals surface area contributed by atoms with Gasteiger partial charge in [-0.2, -0.15) is 18.4 Å². The summed E-state index contributed by atoms with van der Waals surface area (Å²) in [6.07, 6.45) is -2.19. The molecule has 6 nitrogen and oxygen atoms in total. The van der Waals surface area contributed by atoms with Crippen molar-refractivity contribution in [2.24, 2.45) is 0 Å². The van der Waals surface area contributed by atoms with E-state index in [0.29, 0.717) is 33.7 Å². The number of aromatic nitrogens is 3. The van der Waals surface area contributed by atoms with Gasteiger partial charge in [0.15, 0.2) is 17.1 Å². The van der Waals surface area contributed by atoms with Gasteiger partial charge in [-0.05, 0) is 31.2 Å². The van der Waals surface area contributed by atoms with Crippen LogP contribution in [-0.4, -0.2) is 21.2 Å². The van der Waals surface area contributed by atoms with E-state index in [2.05, 4.69) is 15.0 Å². The van der Waals surface area contributed by atoms with Gasteiger partial charge in [-0.15, -0.1) is 11.3 Å². The Kier molecular flexibility index (Phi) is 5.37. The third-order valence-electron chi connectivity index (χ3n) is 3.79. The third kappa shape index (κ3) is 4.15. The SMILES string of the molecule is Cc1sc(N(Cc2cnc(C(F)(F)F)cn2)c2ccc(C#N)cc2)nc1C=O. The number of benzene rings is 1. The number of rotatable bonds is 5. The standard InChI is InChI=1S/C18H12F3N5OS/c1-11-15(10-27)25-17(28-11)26(14-4-2-12(6-22)3-5-14)9-13-7-24-16(8-23-13)18(19,20)21/h2-5,7-8,10H,9H2,1H3. The fraction of sp³-hybridized carbons (Fsp3) is 0.167. The molecule has 0 amide bonds. The predicted octanol–water partition coefficient (Wildman–Crippen LogP) is 4.28. The summed E-state index contributed by atoms with van der Waals surface area (Å²) >= 11 is 1.27. The monoisotopic (exact) mass is 403 g/mol. The van der Waals surface area contributed by atoms with E-state index in [1.807, 2.05) is 6.07 Å². The van der Waals surface area contributed by atoms with Crippen LogP contribution in [0.2, 0.25) is 0 Å². The molecule has 3 rings (SSSR count). The molecule has 0 aliphatic carbocycles. The number of nitriles is 1. The zero-order valence-corrected chi connectivity index (χ0v) is 15.3. The van der Waals surface area contributed by atoms with Crippen LogP contribution >= 0.6 is 11.3 Å². The van der Waals surface area contributed by atoms with Crippen LogP contribution in [0.1, 0.15) is 32.3 Å². The minimum atomic E-state index is -4.57. The van der Waals surface area contributed by atoms with Crippen LogP contribution in [0.15, 0.2) is 36.7 Å². The fourth-order valence-corrected chi connectivity index (χ4v) is 3.24. The van der Waals surface area contributed by atoms with Crippen molar-refractivity contribution >= 4 is 28.4 Å². The molecule has 10 heteroatoms. The van der Waals surface area contributed by atoms with Crippen molar-refractivity contribution in [3.05, 3.63) is 64.2 Å². The van der Waals surface area contributed by atoms with E-state index in [1.54, 1.807) is 36.1 Å². The molecule has 0 fully saturated rings. The van der Waals surface area contributed by atoms with E-state index in [-0.39, 0.29) is 17.9 Å². The third-order valence-corrected chi connectivity index (χ3v) is 4.80. The molecular formula is C18H12F3N5OS. The Bertz CT molecular complexity index is 1020. The molecule has 28 heavy (non-hydrogen) atoms. The number of aldehydes is 1. The summed E-state index contributed by atoms with van der Waals surface area (Å²) in [7, 11) is 0. The highest BCUT2D eigenvalue weighted by atomic mass is 32.1. The van der Waals surface area contributed by atoms with Gasteiger partial charge in [0.05, 0.1) is 36.3 Å². The quantitative estimate of drug-likeness (QED) is 0.591. The molecule has 142 valence electrons. The predicted molar refractivity (Wildman–Crippen MR) is 96.3 cm³/mol. The highest BCUT2D eigenvalue weighted by molar-refractivity contribution is 7.15. The number of hydrogen-bond donors (Lipinski definition) is 0. The average Bonchev–Trinajstić information content (AvgIpc) is 3.06. The maximum Gasteiger partial charge on any atom is 0.434 e. The van der Waals surface area contributed by atoms with Crippen molar-refractivity contribution in [1.82, 2.24) is 15.0 Å². The molecule has 0 aliphatic rings. The Morgan fingerprint density at radius 2 is 1.93 bits per heavy atom. The van der Waals surface area contributed by atoms with Gasteiger partial charge in [0.2, 0.25) is 0 Å². The number of carbonyl (C=O) groups excluding carboxylic acids is 1. The molecule has 0 aliphatic heterocycles. The first-order valence-electron chi connectivity index (χ1n) is 7.90. The lowest BCUT2D eigenvalue weighted by Gasteiger charge is -2.21. The van der Waals surface area contributed by atoms with E-state index >= 15 is 0 Å². The zero-order valence-electron chi connectivity index (χ0n) is 14.4. The van der Waals surface area contributed by atoms with Crippen LogP contribution < -0.4 is 4.90 Å². The van der Waals surface area contributed by atoms with Crippen molar-refractivity contribution in [1.29, 1.82) is 5.26 Å². The van der Waals surface area contributed by atoms with Gasteiger partial charge < -0.3 is 4.90 Å². The molecule has 0 bridgehead atoms. The highest BCUT2D eigenvalue weighted by Crippen LogP contribution is 2.33. The van der Waals surface area contributed by atoms with E-state index < -0.39 is 11.9 Å². The number of hydrogen-bond acceptors (Lipinski definition) is 7. The summed E-state index contributed by atoms with van der Waals surface area (Å²) in [6, 6.07) is 8.62. The second kappa shape index (κ2) is 7.74. The maximum absolute atomic E-state index is 12.7. The molecule has 2 heterocycles. The normalized spacial score (nSPS) is 11.1. The van der Waals surface area contributed by atoms with Gasteiger partial charge in [0, 0.05) is 10.6 Å². The molecule has 3 aromatic rings. The average molecular weight is 403 g/mol. The van der Waals surface area contributed by atoms with Gasteiger partial charge in [-0.3, -0.25) is 9.78 Å². The van der Waals surface area contributed by atoms with E-state index in [1.165, 1.54) is 11.3 Å². The van der Waals surface area contributed by atoms with Crippen LogP contribution in [0.25, 0.3) is 0 Å². The molecule has 0 unspecified atom stereocenters. The minimum absolute atomic E-state index is 0.0856. The summed E-state index contributed by atoms with van der Waals surface area (Å²) in [5.41, 5.74) is 0.610. The van der Waals surface area contributed by atoms with Crippen LogP contribution in [0.5, 0.6) is 0 Å². The number of thiazole rings is 1.